The molecule has 0 aromatic heterocycles. The minimum atomic E-state index is -3.86. The smallest absolute Gasteiger partial charge is 0.315 e. The predicted molar refractivity (Wildman–Crippen MR) is 183 cm³/mol. The molecular formula is C32H56N6O8S2. The Hall–Kier alpha value is -2.72. The van der Waals surface area contributed by atoms with Gasteiger partial charge in [0.25, 0.3) is 5.91 Å². The van der Waals surface area contributed by atoms with Crippen molar-refractivity contribution in [3.05, 3.63) is 12.7 Å². The van der Waals surface area contributed by atoms with E-state index in [1.165, 1.54) is 18.0 Å². The van der Waals surface area contributed by atoms with E-state index in [9.17, 15) is 36.0 Å². The molecule has 5 amide bonds. The van der Waals surface area contributed by atoms with Crippen molar-refractivity contribution in [2.24, 2.45) is 28.6 Å². The Morgan fingerprint density at radius 1 is 0.979 bits per heavy atom. The SMILES string of the molecule is C=CC1C[C@]1(NC(=O)C1[C@@H](C(C)C)CCN1C(=O)[C@@H](NC(=O)NC(CN(C)S(C)(=O)=O)C(C)(C)C)C(C)(C)C)C(=O)NS(=O)(=O)C1CC1. The molecule has 4 N–H and O–H groups in total. The van der Waals surface area contributed by atoms with Gasteiger partial charge in [-0.15, -0.1) is 6.58 Å². The molecule has 0 spiro atoms. The van der Waals surface area contributed by atoms with E-state index in [2.05, 4.69) is 27.3 Å². The second-order valence-corrected chi connectivity index (χ2v) is 20.3. The number of hydrogen-bond donors (Lipinski definition) is 4. The Bertz CT molecular complexity index is 1500. The number of likely N-dealkylation sites (N-methyl/N-ethyl adjacent to an activating group) is 1. The molecule has 0 radical (unpaired) electrons. The van der Waals surface area contributed by atoms with E-state index in [4.69, 9.17) is 0 Å². The van der Waals surface area contributed by atoms with Crippen LogP contribution in [0, 0.1) is 28.6 Å². The Morgan fingerprint density at radius 3 is 2.00 bits per heavy atom. The summed E-state index contributed by atoms with van der Waals surface area (Å²) in [5.41, 5.74) is -2.83. The summed E-state index contributed by atoms with van der Waals surface area (Å²) in [4.78, 5) is 56.7. The Balaban J connectivity index is 1.86. The standard InChI is InChI=1S/C32H56N6O8S2/c1-12-20-17-32(20,28(41)36-48(45,46)21-13-14-21)35-26(39)24-22(19(2)3)15-16-38(24)27(40)25(31(7,8)9)34-29(42)33-23(30(4,5)6)18-37(10)47(11,43)44/h12,19-25H,1,13-18H2,2-11H3,(H,35,39)(H,36,41)(H2,33,34,42)/t20?,22-,23?,24?,25-,32-/m1/s1. The second-order valence-electron chi connectivity index (χ2n) is 16.2. The third kappa shape index (κ3) is 9.09. The van der Waals surface area contributed by atoms with Gasteiger partial charge < -0.3 is 20.9 Å². The summed E-state index contributed by atoms with van der Waals surface area (Å²) in [5, 5.41) is 7.85. The Kier molecular flexibility index (Phi) is 11.5. The molecule has 0 bridgehead atoms. The van der Waals surface area contributed by atoms with Crippen LogP contribution in [0.1, 0.15) is 81.1 Å². The fourth-order valence-electron chi connectivity index (χ4n) is 6.18. The van der Waals surface area contributed by atoms with Crippen molar-refractivity contribution in [1.82, 2.24) is 29.9 Å². The number of likely N-dealkylation sites (tertiary alicyclic amines) is 1. The third-order valence-electron chi connectivity index (χ3n) is 9.85. The highest BCUT2D eigenvalue weighted by Gasteiger charge is 2.62. The molecule has 14 nitrogen and oxygen atoms in total. The molecule has 2 saturated carbocycles. The number of amides is 5. The topological polar surface area (TPSA) is 191 Å². The minimum absolute atomic E-state index is 0.0112. The third-order valence-corrected chi connectivity index (χ3v) is 12.9. The Labute approximate surface area is 286 Å². The summed E-state index contributed by atoms with van der Waals surface area (Å²) in [6.07, 6.45) is 4.22. The molecule has 274 valence electrons. The van der Waals surface area contributed by atoms with Crippen LogP contribution in [0.2, 0.25) is 0 Å². The monoisotopic (exact) mass is 716 g/mol. The number of rotatable bonds is 13. The Morgan fingerprint density at radius 2 is 1.56 bits per heavy atom. The van der Waals surface area contributed by atoms with Crippen molar-refractivity contribution >= 4 is 43.8 Å². The number of sulfonamides is 2. The lowest BCUT2D eigenvalue weighted by Crippen LogP contribution is -2.63. The quantitative estimate of drug-likeness (QED) is 0.207. The second kappa shape index (κ2) is 13.9. The zero-order chi connectivity index (χ0) is 36.8. The summed E-state index contributed by atoms with van der Waals surface area (Å²) in [7, 11) is -5.95. The van der Waals surface area contributed by atoms with Gasteiger partial charge >= 0.3 is 6.03 Å². The molecular weight excluding hydrogens is 661 g/mol. The summed E-state index contributed by atoms with van der Waals surface area (Å²) in [6, 6.07) is -3.32. The fourth-order valence-corrected chi connectivity index (χ4v) is 7.96. The molecule has 3 fully saturated rings. The number of hydrogen-bond acceptors (Lipinski definition) is 8. The molecule has 0 aromatic rings. The summed E-state index contributed by atoms with van der Waals surface area (Å²) in [5.74, 6) is -2.63. The molecule has 3 aliphatic rings. The van der Waals surface area contributed by atoms with Crippen LogP contribution in [0.3, 0.4) is 0 Å². The van der Waals surface area contributed by atoms with Crippen LogP contribution in [0.4, 0.5) is 4.79 Å². The van der Waals surface area contributed by atoms with E-state index in [1.807, 2.05) is 34.6 Å². The number of urea groups is 1. The van der Waals surface area contributed by atoms with Gasteiger partial charge in [0, 0.05) is 32.1 Å². The molecule has 16 heteroatoms. The molecule has 1 aliphatic heterocycles. The average Bonchev–Trinajstić information content (AvgIpc) is 3.85. The van der Waals surface area contributed by atoms with E-state index in [-0.39, 0.29) is 31.3 Å². The molecule has 48 heavy (non-hydrogen) atoms. The molecule has 6 atom stereocenters. The van der Waals surface area contributed by atoms with Gasteiger partial charge in [-0.25, -0.2) is 25.9 Å². The number of nitrogens with one attached hydrogen (secondary N) is 4. The van der Waals surface area contributed by atoms with Crippen molar-refractivity contribution in [3.63, 3.8) is 0 Å². The number of carbonyl (C=O) groups is 4. The molecule has 3 rings (SSSR count). The molecule has 3 unspecified atom stereocenters. The highest BCUT2D eigenvalue weighted by molar-refractivity contribution is 7.91. The largest absolute Gasteiger partial charge is 0.339 e. The highest BCUT2D eigenvalue weighted by Crippen LogP contribution is 2.46. The summed E-state index contributed by atoms with van der Waals surface area (Å²) in [6.45, 7) is 18.9. The maximum atomic E-state index is 14.3. The molecule has 1 heterocycles. The number of nitrogens with zero attached hydrogens (tertiary/aromatic N) is 2. The first-order chi connectivity index (χ1) is 21.8. The van der Waals surface area contributed by atoms with Crippen molar-refractivity contribution in [3.8, 4) is 0 Å². The van der Waals surface area contributed by atoms with Crippen molar-refractivity contribution in [2.75, 3.05) is 26.4 Å². The van der Waals surface area contributed by atoms with Gasteiger partial charge in [0.1, 0.15) is 17.6 Å². The fraction of sp³-hybridized carbons (Fsp3) is 0.812. The molecule has 1 saturated heterocycles. The minimum Gasteiger partial charge on any atom is -0.339 e. The molecule has 2 aliphatic carbocycles. The van der Waals surface area contributed by atoms with Gasteiger partial charge in [-0.2, -0.15) is 0 Å². The van der Waals surface area contributed by atoms with E-state index < -0.39 is 89.5 Å². The van der Waals surface area contributed by atoms with Gasteiger partial charge in [-0.1, -0.05) is 61.5 Å². The molecule has 0 aromatic carbocycles. The van der Waals surface area contributed by atoms with E-state index in [1.54, 1.807) is 20.8 Å². The average molecular weight is 717 g/mol. The van der Waals surface area contributed by atoms with E-state index >= 15 is 0 Å². The van der Waals surface area contributed by atoms with Crippen molar-refractivity contribution < 1.29 is 36.0 Å². The highest BCUT2D eigenvalue weighted by atomic mass is 32.2. The maximum Gasteiger partial charge on any atom is 0.315 e. The van der Waals surface area contributed by atoms with Gasteiger partial charge in [0.2, 0.25) is 31.9 Å². The van der Waals surface area contributed by atoms with Gasteiger partial charge in [0.05, 0.1) is 11.5 Å². The number of carbonyl (C=O) groups excluding carboxylic acids is 4. The zero-order valence-electron chi connectivity index (χ0n) is 30.0. The lowest BCUT2D eigenvalue weighted by molar-refractivity contribution is -0.144. The van der Waals surface area contributed by atoms with Crippen LogP contribution in [0.15, 0.2) is 12.7 Å². The van der Waals surface area contributed by atoms with Crippen LogP contribution in [0.5, 0.6) is 0 Å². The maximum absolute atomic E-state index is 14.3. The first-order valence-electron chi connectivity index (χ1n) is 16.6. The summed E-state index contributed by atoms with van der Waals surface area (Å²) >= 11 is 0. The van der Waals surface area contributed by atoms with Crippen LogP contribution in [-0.4, -0.2) is 105 Å². The lowest BCUT2D eigenvalue weighted by Gasteiger charge is -2.38. The zero-order valence-corrected chi connectivity index (χ0v) is 31.7. The van der Waals surface area contributed by atoms with Gasteiger partial charge in [-0.05, 0) is 48.3 Å². The first kappa shape index (κ1) is 39.7. The van der Waals surface area contributed by atoms with Gasteiger partial charge in [0.15, 0.2) is 0 Å². The van der Waals surface area contributed by atoms with E-state index in [0.717, 1.165) is 10.6 Å². The normalized spacial score (nSPS) is 26.1. The van der Waals surface area contributed by atoms with Crippen LogP contribution in [-0.2, 0) is 34.4 Å². The van der Waals surface area contributed by atoms with Crippen LogP contribution in [0.25, 0.3) is 0 Å². The van der Waals surface area contributed by atoms with Gasteiger partial charge in [-0.3, -0.25) is 19.1 Å². The van der Waals surface area contributed by atoms with Crippen molar-refractivity contribution in [2.45, 2.75) is 110 Å². The lowest BCUT2D eigenvalue weighted by atomic mass is 9.84. The van der Waals surface area contributed by atoms with Crippen molar-refractivity contribution in [1.29, 1.82) is 0 Å². The van der Waals surface area contributed by atoms with E-state index in [0.29, 0.717) is 19.3 Å². The van der Waals surface area contributed by atoms with Crippen LogP contribution >= 0.6 is 0 Å². The van der Waals surface area contributed by atoms with Crippen LogP contribution < -0.4 is 20.7 Å². The first-order valence-corrected chi connectivity index (χ1v) is 19.9. The predicted octanol–water partition coefficient (Wildman–Crippen LogP) is 1.55. The summed E-state index contributed by atoms with van der Waals surface area (Å²) < 4.78 is 52.7.